The average molecular weight is 288 g/mol. The molecule has 17 heavy (non-hydrogen) atoms. The maximum absolute atomic E-state index is 9.61. The molecule has 2 aromatic carbocycles. The molecule has 2 aromatic rings. The van der Waals surface area contributed by atoms with Crippen molar-refractivity contribution in [3.05, 3.63) is 62.6 Å². The van der Waals surface area contributed by atoms with Gasteiger partial charge in [-0.3, -0.25) is 0 Å². The van der Waals surface area contributed by atoms with Crippen LogP contribution in [-0.4, -0.2) is 5.11 Å². The SMILES string of the molecule is Oc1cc(Cl)c(Cl)c(Cc2ccccc2)c1Cl. The third-order valence-corrected chi connectivity index (χ3v) is 3.70. The van der Waals surface area contributed by atoms with Crippen LogP contribution in [0.2, 0.25) is 15.1 Å². The Labute approximate surface area is 115 Å². The monoisotopic (exact) mass is 286 g/mol. The predicted octanol–water partition coefficient (Wildman–Crippen LogP) is 4.94. The number of phenols is 1. The van der Waals surface area contributed by atoms with Crippen LogP contribution in [0.4, 0.5) is 0 Å². The Morgan fingerprint density at radius 3 is 2.24 bits per heavy atom. The largest absolute Gasteiger partial charge is 0.506 e. The van der Waals surface area contributed by atoms with E-state index in [1.807, 2.05) is 30.3 Å². The van der Waals surface area contributed by atoms with Gasteiger partial charge in [0.1, 0.15) is 5.75 Å². The highest BCUT2D eigenvalue weighted by atomic mass is 35.5. The van der Waals surface area contributed by atoms with Crippen molar-refractivity contribution < 1.29 is 5.11 Å². The molecule has 1 nitrogen and oxygen atoms in total. The molecule has 0 aliphatic rings. The van der Waals surface area contributed by atoms with Crippen molar-refractivity contribution in [2.75, 3.05) is 0 Å². The lowest BCUT2D eigenvalue weighted by atomic mass is 10.0. The zero-order valence-electron chi connectivity index (χ0n) is 8.75. The van der Waals surface area contributed by atoms with E-state index in [0.717, 1.165) is 5.56 Å². The summed E-state index contributed by atoms with van der Waals surface area (Å²) in [5.41, 5.74) is 1.70. The van der Waals surface area contributed by atoms with Gasteiger partial charge in [-0.1, -0.05) is 65.1 Å². The molecule has 0 aromatic heterocycles. The maximum Gasteiger partial charge on any atom is 0.136 e. The number of benzene rings is 2. The third kappa shape index (κ3) is 2.68. The molecule has 0 heterocycles. The van der Waals surface area contributed by atoms with Crippen molar-refractivity contribution in [2.24, 2.45) is 0 Å². The molecule has 0 bridgehead atoms. The molecule has 0 amide bonds. The number of aromatic hydroxyl groups is 1. The van der Waals surface area contributed by atoms with Gasteiger partial charge in [0.05, 0.1) is 15.1 Å². The summed E-state index contributed by atoms with van der Waals surface area (Å²) in [4.78, 5) is 0. The van der Waals surface area contributed by atoms with Gasteiger partial charge in [0.25, 0.3) is 0 Å². The molecule has 2 rings (SSSR count). The summed E-state index contributed by atoms with van der Waals surface area (Å²) >= 11 is 18.0. The van der Waals surface area contributed by atoms with Gasteiger partial charge in [-0.15, -0.1) is 0 Å². The standard InChI is InChI=1S/C13H9Cl3O/c14-10-7-11(17)13(16)9(12(10)15)6-8-4-2-1-3-5-8/h1-5,7,17H,6H2. The molecular weight excluding hydrogens is 279 g/mol. The molecule has 0 saturated heterocycles. The number of halogens is 3. The van der Waals surface area contributed by atoms with Gasteiger partial charge in [-0.05, 0) is 11.1 Å². The van der Waals surface area contributed by atoms with Crippen molar-refractivity contribution in [1.29, 1.82) is 0 Å². The van der Waals surface area contributed by atoms with Crippen LogP contribution in [0.5, 0.6) is 5.75 Å². The van der Waals surface area contributed by atoms with Gasteiger partial charge >= 0.3 is 0 Å². The minimum atomic E-state index is -0.0491. The van der Waals surface area contributed by atoms with E-state index < -0.39 is 0 Å². The summed E-state index contributed by atoms with van der Waals surface area (Å²) in [6.07, 6.45) is 0.534. The lowest BCUT2D eigenvalue weighted by molar-refractivity contribution is 0.475. The van der Waals surface area contributed by atoms with E-state index in [1.165, 1.54) is 6.07 Å². The van der Waals surface area contributed by atoms with Crippen LogP contribution in [-0.2, 0) is 6.42 Å². The zero-order chi connectivity index (χ0) is 12.4. The maximum atomic E-state index is 9.61. The van der Waals surface area contributed by atoms with E-state index in [1.54, 1.807) is 0 Å². The van der Waals surface area contributed by atoms with Crippen LogP contribution in [0.3, 0.4) is 0 Å². The first-order chi connectivity index (χ1) is 8.09. The minimum absolute atomic E-state index is 0.0491. The van der Waals surface area contributed by atoms with Crippen LogP contribution in [0.1, 0.15) is 11.1 Å². The summed E-state index contributed by atoms with van der Waals surface area (Å²) in [6, 6.07) is 11.1. The highest BCUT2D eigenvalue weighted by molar-refractivity contribution is 6.44. The highest BCUT2D eigenvalue weighted by Gasteiger charge is 2.14. The van der Waals surface area contributed by atoms with Crippen molar-refractivity contribution in [1.82, 2.24) is 0 Å². The summed E-state index contributed by atoms with van der Waals surface area (Å²) in [6.45, 7) is 0. The summed E-state index contributed by atoms with van der Waals surface area (Å²) in [5, 5.41) is 10.6. The van der Waals surface area contributed by atoms with E-state index in [2.05, 4.69) is 0 Å². The van der Waals surface area contributed by atoms with E-state index in [9.17, 15) is 5.11 Å². The topological polar surface area (TPSA) is 20.2 Å². The fraction of sp³-hybridized carbons (Fsp3) is 0.0769. The molecule has 0 radical (unpaired) electrons. The summed E-state index contributed by atoms with van der Waals surface area (Å²) in [7, 11) is 0. The first kappa shape index (κ1) is 12.6. The van der Waals surface area contributed by atoms with Gasteiger partial charge in [-0.2, -0.15) is 0 Å². The van der Waals surface area contributed by atoms with E-state index >= 15 is 0 Å². The lowest BCUT2D eigenvalue weighted by Gasteiger charge is -2.10. The first-order valence-electron chi connectivity index (χ1n) is 4.99. The van der Waals surface area contributed by atoms with Crippen molar-refractivity contribution in [2.45, 2.75) is 6.42 Å². The average Bonchev–Trinajstić information content (AvgIpc) is 2.33. The fourth-order valence-electron chi connectivity index (χ4n) is 1.60. The Hall–Kier alpha value is -0.890. The third-order valence-electron chi connectivity index (χ3n) is 2.45. The van der Waals surface area contributed by atoms with Gasteiger partial charge in [0.15, 0.2) is 0 Å². The van der Waals surface area contributed by atoms with Crippen LogP contribution >= 0.6 is 34.8 Å². The highest BCUT2D eigenvalue weighted by Crippen LogP contribution is 2.39. The van der Waals surface area contributed by atoms with Crippen molar-refractivity contribution in [3.63, 3.8) is 0 Å². The van der Waals surface area contributed by atoms with Gasteiger partial charge in [0.2, 0.25) is 0 Å². The predicted molar refractivity (Wildman–Crippen MR) is 72.4 cm³/mol. The zero-order valence-corrected chi connectivity index (χ0v) is 11.0. The molecule has 0 saturated carbocycles. The molecule has 88 valence electrons. The van der Waals surface area contributed by atoms with Crippen LogP contribution in [0, 0.1) is 0 Å². The van der Waals surface area contributed by atoms with Crippen LogP contribution < -0.4 is 0 Å². The number of hydrogen-bond acceptors (Lipinski definition) is 1. The fourth-order valence-corrected chi connectivity index (χ4v) is 2.29. The smallest absolute Gasteiger partial charge is 0.136 e. The molecular formula is C13H9Cl3O. The van der Waals surface area contributed by atoms with E-state index in [4.69, 9.17) is 34.8 Å². The molecule has 4 heteroatoms. The summed E-state index contributed by atoms with van der Waals surface area (Å²) < 4.78 is 0. The van der Waals surface area contributed by atoms with Gasteiger partial charge < -0.3 is 5.11 Å². The van der Waals surface area contributed by atoms with Crippen molar-refractivity contribution >= 4 is 34.8 Å². The normalized spacial score (nSPS) is 10.5. The molecule has 0 spiro atoms. The molecule has 0 aliphatic carbocycles. The van der Waals surface area contributed by atoms with Gasteiger partial charge in [-0.25, -0.2) is 0 Å². The van der Waals surface area contributed by atoms with E-state index in [0.29, 0.717) is 22.0 Å². The Morgan fingerprint density at radius 2 is 1.59 bits per heavy atom. The molecule has 1 N–H and O–H groups in total. The Bertz CT molecular complexity index is 512. The first-order valence-corrected chi connectivity index (χ1v) is 6.12. The van der Waals surface area contributed by atoms with Gasteiger partial charge in [0, 0.05) is 12.5 Å². The van der Waals surface area contributed by atoms with Crippen molar-refractivity contribution in [3.8, 4) is 5.75 Å². The second-order valence-corrected chi connectivity index (χ2v) is 4.81. The second kappa shape index (κ2) is 5.18. The number of rotatable bonds is 2. The minimum Gasteiger partial charge on any atom is -0.506 e. The Morgan fingerprint density at radius 1 is 0.941 bits per heavy atom. The number of hydrogen-bond donors (Lipinski definition) is 1. The second-order valence-electron chi connectivity index (χ2n) is 3.65. The van der Waals surface area contributed by atoms with Crippen LogP contribution in [0.15, 0.2) is 36.4 Å². The van der Waals surface area contributed by atoms with E-state index in [-0.39, 0.29) is 10.8 Å². The molecule has 0 aliphatic heterocycles. The number of phenolic OH excluding ortho intramolecular Hbond substituents is 1. The van der Waals surface area contributed by atoms with Crippen LogP contribution in [0.25, 0.3) is 0 Å². The Kier molecular flexibility index (Phi) is 3.82. The molecule has 0 fully saturated rings. The molecule has 0 unspecified atom stereocenters. The molecule has 0 atom stereocenters. The quantitative estimate of drug-likeness (QED) is 0.775. The summed E-state index contributed by atoms with van der Waals surface area (Å²) in [5.74, 6) is -0.0491. The lowest BCUT2D eigenvalue weighted by Crippen LogP contribution is -1.92. The Balaban J connectivity index is 2.46.